The van der Waals surface area contributed by atoms with Gasteiger partial charge in [-0.3, -0.25) is 10.3 Å². The molecule has 5 heteroatoms. The van der Waals surface area contributed by atoms with Crippen molar-refractivity contribution in [3.8, 4) is 6.19 Å². The van der Waals surface area contributed by atoms with Gasteiger partial charge in [0, 0.05) is 12.7 Å². The SMILES string of the molecule is CC(=NCCc1ccc(Cl)nc1)NC#N. The second-order valence-electron chi connectivity index (χ2n) is 2.94. The summed E-state index contributed by atoms with van der Waals surface area (Å²) in [4.78, 5) is 8.12. The molecule has 0 amide bonds. The number of hydrogen-bond acceptors (Lipinski definition) is 3. The predicted octanol–water partition coefficient (Wildman–Crippen LogP) is 1.77. The fraction of sp³-hybridized carbons (Fsp3) is 0.300. The molecular formula is C10H11ClN4. The summed E-state index contributed by atoms with van der Waals surface area (Å²) < 4.78 is 0. The van der Waals surface area contributed by atoms with Crippen LogP contribution in [0.4, 0.5) is 0 Å². The van der Waals surface area contributed by atoms with Crippen molar-refractivity contribution in [1.29, 1.82) is 5.26 Å². The third-order valence-electron chi connectivity index (χ3n) is 1.77. The highest BCUT2D eigenvalue weighted by atomic mass is 35.5. The Hall–Kier alpha value is -1.60. The van der Waals surface area contributed by atoms with E-state index in [9.17, 15) is 0 Å². The van der Waals surface area contributed by atoms with Crippen molar-refractivity contribution in [1.82, 2.24) is 10.3 Å². The molecule has 1 aromatic heterocycles. The lowest BCUT2D eigenvalue weighted by Gasteiger charge is -1.99. The van der Waals surface area contributed by atoms with E-state index in [1.54, 1.807) is 19.2 Å². The van der Waals surface area contributed by atoms with E-state index in [0.29, 0.717) is 17.5 Å². The quantitative estimate of drug-likeness (QED) is 0.279. The predicted molar refractivity (Wildman–Crippen MR) is 59.7 cm³/mol. The molecule has 1 rings (SSSR count). The topological polar surface area (TPSA) is 61.1 Å². The summed E-state index contributed by atoms with van der Waals surface area (Å²) in [6.07, 6.45) is 4.33. The van der Waals surface area contributed by atoms with Crippen LogP contribution in [0.3, 0.4) is 0 Å². The minimum atomic E-state index is 0.490. The molecule has 4 nitrogen and oxygen atoms in total. The average Bonchev–Trinajstić information content (AvgIpc) is 2.21. The van der Waals surface area contributed by atoms with Gasteiger partial charge >= 0.3 is 0 Å². The number of halogens is 1. The maximum absolute atomic E-state index is 8.32. The van der Waals surface area contributed by atoms with Gasteiger partial charge in [0.1, 0.15) is 11.0 Å². The fourth-order valence-corrected chi connectivity index (χ4v) is 1.14. The lowest BCUT2D eigenvalue weighted by molar-refractivity contribution is 0.947. The van der Waals surface area contributed by atoms with E-state index in [1.165, 1.54) is 0 Å². The molecule has 0 unspecified atom stereocenters. The Balaban J connectivity index is 2.41. The zero-order valence-corrected chi connectivity index (χ0v) is 9.12. The number of nitriles is 1. The molecule has 0 radical (unpaired) electrons. The van der Waals surface area contributed by atoms with Crippen LogP contribution in [0.2, 0.25) is 5.15 Å². The van der Waals surface area contributed by atoms with Crippen molar-refractivity contribution in [3.63, 3.8) is 0 Å². The maximum Gasteiger partial charge on any atom is 0.182 e. The van der Waals surface area contributed by atoms with Crippen LogP contribution in [0.25, 0.3) is 0 Å². The van der Waals surface area contributed by atoms with E-state index in [4.69, 9.17) is 16.9 Å². The van der Waals surface area contributed by atoms with Gasteiger partial charge in [0.2, 0.25) is 0 Å². The summed E-state index contributed by atoms with van der Waals surface area (Å²) in [6.45, 7) is 2.38. The lowest BCUT2D eigenvalue weighted by Crippen LogP contribution is -2.13. The molecule has 15 heavy (non-hydrogen) atoms. The standard InChI is InChI=1S/C10H11ClN4/c1-8(15-7-12)13-5-4-9-2-3-10(11)14-6-9/h2-3,6H,4-5H2,1H3,(H,13,15). The molecule has 0 aliphatic heterocycles. The van der Waals surface area contributed by atoms with E-state index in [0.717, 1.165) is 12.0 Å². The van der Waals surface area contributed by atoms with E-state index < -0.39 is 0 Å². The maximum atomic E-state index is 8.32. The average molecular weight is 223 g/mol. The smallest absolute Gasteiger partial charge is 0.182 e. The summed E-state index contributed by atoms with van der Waals surface area (Å²) >= 11 is 5.65. The number of nitrogens with one attached hydrogen (secondary N) is 1. The van der Waals surface area contributed by atoms with Crippen LogP contribution < -0.4 is 5.32 Å². The van der Waals surface area contributed by atoms with Crippen LogP contribution in [0.5, 0.6) is 0 Å². The van der Waals surface area contributed by atoms with Crippen molar-refractivity contribution in [2.75, 3.05) is 6.54 Å². The van der Waals surface area contributed by atoms with Crippen LogP contribution in [0.15, 0.2) is 23.3 Å². The van der Waals surface area contributed by atoms with Crippen molar-refractivity contribution in [2.24, 2.45) is 4.99 Å². The van der Waals surface area contributed by atoms with E-state index in [-0.39, 0.29) is 0 Å². The third kappa shape index (κ3) is 4.43. The minimum Gasteiger partial charge on any atom is -0.281 e. The number of hydrogen-bond donors (Lipinski definition) is 1. The molecular weight excluding hydrogens is 212 g/mol. The summed E-state index contributed by atoms with van der Waals surface area (Å²) in [5, 5.41) is 11.3. The molecule has 0 spiro atoms. The molecule has 0 bridgehead atoms. The molecule has 1 N–H and O–H groups in total. The van der Waals surface area contributed by atoms with Crippen molar-refractivity contribution < 1.29 is 0 Å². The first kappa shape index (κ1) is 11.5. The zero-order valence-electron chi connectivity index (χ0n) is 8.37. The molecule has 0 aliphatic rings. The Morgan fingerprint density at radius 3 is 3.07 bits per heavy atom. The minimum absolute atomic E-state index is 0.490. The summed E-state index contributed by atoms with van der Waals surface area (Å²) in [6, 6.07) is 3.67. The molecule has 78 valence electrons. The van der Waals surface area contributed by atoms with Gasteiger partial charge in [-0.2, -0.15) is 5.26 Å². The number of rotatable bonds is 3. The van der Waals surface area contributed by atoms with Crippen molar-refractivity contribution >= 4 is 17.4 Å². The molecule has 0 saturated carbocycles. The van der Waals surface area contributed by atoms with E-state index >= 15 is 0 Å². The second kappa shape index (κ2) is 5.99. The van der Waals surface area contributed by atoms with Gasteiger partial charge in [0.05, 0.1) is 0 Å². The Labute approximate surface area is 93.6 Å². The second-order valence-corrected chi connectivity index (χ2v) is 3.33. The summed E-state index contributed by atoms with van der Waals surface area (Å²) in [5.74, 6) is 0.624. The lowest BCUT2D eigenvalue weighted by atomic mass is 10.2. The molecule has 0 aliphatic carbocycles. The fourth-order valence-electron chi connectivity index (χ4n) is 1.03. The first-order valence-corrected chi connectivity index (χ1v) is 4.87. The van der Waals surface area contributed by atoms with E-state index in [1.807, 2.05) is 12.3 Å². The van der Waals surface area contributed by atoms with Gasteiger partial charge in [-0.1, -0.05) is 17.7 Å². The van der Waals surface area contributed by atoms with Gasteiger partial charge in [0.25, 0.3) is 0 Å². The largest absolute Gasteiger partial charge is 0.281 e. The van der Waals surface area contributed by atoms with E-state index in [2.05, 4.69) is 15.3 Å². The van der Waals surface area contributed by atoms with Crippen LogP contribution in [0, 0.1) is 11.5 Å². The Morgan fingerprint density at radius 2 is 2.47 bits per heavy atom. The molecule has 1 heterocycles. The molecule has 0 atom stereocenters. The summed E-state index contributed by atoms with van der Waals surface area (Å²) in [7, 11) is 0. The molecule has 1 aromatic rings. The highest BCUT2D eigenvalue weighted by Gasteiger charge is 1.93. The number of amidine groups is 1. The molecule has 0 aromatic carbocycles. The van der Waals surface area contributed by atoms with Gasteiger partial charge in [-0.05, 0) is 25.0 Å². The first-order chi connectivity index (χ1) is 7.22. The van der Waals surface area contributed by atoms with Crippen LogP contribution in [-0.4, -0.2) is 17.4 Å². The van der Waals surface area contributed by atoms with Gasteiger partial charge < -0.3 is 0 Å². The van der Waals surface area contributed by atoms with Crippen LogP contribution in [0.1, 0.15) is 12.5 Å². The Kier molecular flexibility index (Phi) is 4.58. The number of pyridine rings is 1. The number of aromatic nitrogens is 1. The number of nitrogens with zero attached hydrogens (tertiary/aromatic N) is 3. The molecule has 0 fully saturated rings. The van der Waals surface area contributed by atoms with Crippen molar-refractivity contribution in [3.05, 3.63) is 29.0 Å². The summed E-state index contributed by atoms with van der Waals surface area (Å²) in [5.41, 5.74) is 1.08. The highest BCUT2D eigenvalue weighted by molar-refractivity contribution is 6.29. The van der Waals surface area contributed by atoms with Gasteiger partial charge in [-0.15, -0.1) is 0 Å². The van der Waals surface area contributed by atoms with Crippen molar-refractivity contribution in [2.45, 2.75) is 13.3 Å². The molecule has 0 saturated heterocycles. The zero-order chi connectivity index (χ0) is 11.1. The number of aliphatic imine (C=N–C) groups is 1. The van der Waals surface area contributed by atoms with Gasteiger partial charge in [0.15, 0.2) is 6.19 Å². The Morgan fingerprint density at radius 1 is 1.67 bits per heavy atom. The van der Waals surface area contributed by atoms with Gasteiger partial charge in [-0.25, -0.2) is 4.98 Å². The highest BCUT2D eigenvalue weighted by Crippen LogP contribution is 2.05. The van der Waals surface area contributed by atoms with Crippen LogP contribution in [-0.2, 0) is 6.42 Å². The first-order valence-electron chi connectivity index (χ1n) is 4.49. The Bertz CT molecular complexity index is 377. The monoisotopic (exact) mass is 222 g/mol. The van der Waals surface area contributed by atoms with Crippen LogP contribution >= 0.6 is 11.6 Å². The normalized spacial score (nSPS) is 10.9. The third-order valence-corrected chi connectivity index (χ3v) is 2.00.